The maximum Gasteiger partial charge on any atom is 0.182 e. The van der Waals surface area contributed by atoms with Crippen LogP contribution in [0.5, 0.6) is 5.75 Å². The number of nitrogens with zero attached hydrogens (tertiary/aromatic N) is 4. The predicted octanol–water partition coefficient (Wildman–Crippen LogP) is 4.76. The van der Waals surface area contributed by atoms with Crippen molar-refractivity contribution in [3.05, 3.63) is 58.4 Å². The fourth-order valence-corrected chi connectivity index (χ4v) is 4.76. The van der Waals surface area contributed by atoms with Gasteiger partial charge in [0.15, 0.2) is 11.5 Å². The Kier molecular flexibility index (Phi) is 6.54. The third-order valence-electron chi connectivity index (χ3n) is 5.97. The van der Waals surface area contributed by atoms with E-state index < -0.39 is 0 Å². The van der Waals surface area contributed by atoms with E-state index in [1.165, 1.54) is 24.2 Å². The molecule has 0 radical (unpaired) electrons. The number of pyridine rings is 1. The second-order valence-corrected chi connectivity index (χ2v) is 9.35. The summed E-state index contributed by atoms with van der Waals surface area (Å²) in [7, 11) is 5.48. The van der Waals surface area contributed by atoms with Crippen molar-refractivity contribution in [2.24, 2.45) is 0 Å². The number of carbonyl (C=O) groups is 1. The molecule has 0 atom stereocenters. The number of nitrogens with one attached hydrogen (secondary N) is 1. The fourth-order valence-electron chi connectivity index (χ4n) is 4.11. The zero-order valence-electron chi connectivity index (χ0n) is 18.8. The number of fused-ring (bicyclic) bond motifs is 1. The topological polar surface area (TPSA) is 82.4 Å². The van der Waals surface area contributed by atoms with E-state index in [0.717, 1.165) is 33.2 Å². The predicted molar refractivity (Wildman–Crippen MR) is 137 cm³/mol. The van der Waals surface area contributed by atoms with Crippen LogP contribution in [0.1, 0.15) is 46.1 Å². The minimum atomic E-state index is -0.0477. The molecule has 3 heterocycles. The Labute approximate surface area is 207 Å². The van der Waals surface area contributed by atoms with Crippen molar-refractivity contribution in [2.75, 3.05) is 32.6 Å². The summed E-state index contributed by atoms with van der Waals surface area (Å²) in [4.78, 5) is 26.2. The molecule has 0 bridgehead atoms. The highest BCUT2D eigenvalue weighted by atomic mass is 79.9. The first-order valence-corrected chi connectivity index (χ1v) is 11.5. The fraction of sp³-hybridized carbons (Fsp3) is 0.333. The number of benzene rings is 1. The molecule has 7 nitrogen and oxygen atoms in total. The number of methoxy groups -OCH3 is 1. The summed E-state index contributed by atoms with van der Waals surface area (Å²) in [6.07, 6.45) is 4.10. The van der Waals surface area contributed by atoms with Gasteiger partial charge in [0.2, 0.25) is 0 Å². The van der Waals surface area contributed by atoms with Crippen LogP contribution in [0.15, 0.2) is 35.8 Å². The molecule has 1 saturated carbocycles. The minimum Gasteiger partial charge on any atom is -0.494 e. The smallest absolute Gasteiger partial charge is 0.182 e. The van der Waals surface area contributed by atoms with E-state index in [1.54, 1.807) is 18.2 Å². The molecule has 0 saturated heterocycles. The van der Waals surface area contributed by atoms with Gasteiger partial charge in [-0.15, -0.1) is 28.3 Å². The van der Waals surface area contributed by atoms with Crippen molar-refractivity contribution < 1.29 is 9.53 Å². The van der Waals surface area contributed by atoms with Gasteiger partial charge in [0, 0.05) is 55.0 Å². The van der Waals surface area contributed by atoms with Crippen LogP contribution >= 0.6 is 28.3 Å². The van der Waals surface area contributed by atoms with Gasteiger partial charge < -0.3 is 14.5 Å². The van der Waals surface area contributed by atoms with E-state index in [2.05, 4.69) is 17.1 Å². The van der Waals surface area contributed by atoms with Crippen molar-refractivity contribution in [2.45, 2.75) is 25.3 Å². The third kappa shape index (κ3) is 4.39. The molecule has 1 fully saturated rings. The summed E-state index contributed by atoms with van der Waals surface area (Å²) in [5.41, 5.74) is 5.00. The lowest BCUT2D eigenvalue weighted by molar-refractivity contribution is 0.0962. The number of ketones is 1. The lowest BCUT2D eigenvalue weighted by atomic mass is 10.0. The lowest BCUT2D eigenvalue weighted by Crippen LogP contribution is -2.30. The third-order valence-corrected chi connectivity index (χ3v) is 6.78. The normalized spacial score (nSPS) is 14.6. The van der Waals surface area contributed by atoms with E-state index in [-0.39, 0.29) is 29.3 Å². The summed E-state index contributed by atoms with van der Waals surface area (Å²) < 4.78 is 5.69. The molecule has 2 aromatic heterocycles. The van der Waals surface area contributed by atoms with Crippen molar-refractivity contribution >= 4 is 45.6 Å². The second kappa shape index (κ2) is 9.23. The van der Waals surface area contributed by atoms with Crippen molar-refractivity contribution in [3.8, 4) is 16.3 Å². The zero-order valence-corrected chi connectivity index (χ0v) is 21.3. The number of Topliss-reactive ketones (excluding diaryl/α,β-unsaturated/α-hetero) is 1. The maximum atomic E-state index is 13.3. The zero-order chi connectivity index (χ0) is 22.4. The van der Waals surface area contributed by atoms with E-state index in [9.17, 15) is 4.79 Å². The maximum absolute atomic E-state index is 13.3. The Bertz CT molecular complexity index is 1210. The average molecular weight is 528 g/mol. The molecule has 172 valence electrons. The van der Waals surface area contributed by atoms with Gasteiger partial charge in [-0.05, 0) is 31.0 Å². The van der Waals surface area contributed by atoms with Gasteiger partial charge >= 0.3 is 0 Å². The summed E-state index contributed by atoms with van der Waals surface area (Å²) in [6.45, 7) is 0.665. The molecular weight excluding hydrogens is 502 g/mol. The number of hydrogen-bond acceptors (Lipinski definition) is 7. The number of halogens is 1. The Hall–Kier alpha value is -2.78. The van der Waals surface area contributed by atoms with E-state index in [4.69, 9.17) is 15.1 Å². The Morgan fingerprint density at radius 1 is 1.30 bits per heavy atom. The Morgan fingerprint density at radius 3 is 2.73 bits per heavy atom. The molecule has 0 unspecified atom stereocenters. The molecule has 33 heavy (non-hydrogen) atoms. The standard InChI is InChI=1S/C24H25N5O2S.BrH/c1-28(2)19-11-16(10-17(22(19)31-3)24-26-8-9-32-24)20(30)13-29-12-15-6-7-18(14-4-5-14)27-21(15)23(29)25;/h6-11,14,25H,4-5,12-13H2,1-3H3;1H. The van der Waals surface area contributed by atoms with Crippen LogP contribution in [0, 0.1) is 5.41 Å². The first-order valence-electron chi connectivity index (χ1n) is 10.6. The monoisotopic (exact) mass is 527 g/mol. The first-order chi connectivity index (χ1) is 15.5. The Balaban J connectivity index is 0.00000259. The molecule has 5 rings (SSSR count). The number of rotatable bonds is 7. The van der Waals surface area contributed by atoms with Crippen LogP contribution in [0.4, 0.5) is 5.69 Å². The van der Waals surface area contributed by atoms with Crippen molar-refractivity contribution in [1.82, 2.24) is 14.9 Å². The van der Waals surface area contributed by atoms with Gasteiger partial charge in [-0.2, -0.15) is 0 Å². The van der Waals surface area contributed by atoms with E-state index in [0.29, 0.717) is 29.6 Å². The van der Waals surface area contributed by atoms with Gasteiger partial charge in [-0.1, -0.05) is 6.07 Å². The average Bonchev–Trinajstić information content (AvgIpc) is 3.41. The molecular formula is C24H26BrN5O2S. The summed E-state index contributed by atoms with van der Waals surface area (Å²) in [5.74, 6) is 1.52. The van der Waals surface area contributed by atoms with Gasteiger partial charge in [0.1, 0.15) is 16.5 Å². The molecule has 2 aliphatic rings. The number of hydrogen-bond donors (Lipinski definition) is 1. The molecule has 1 aromatic carbocycles. The number of carbonyl (C=O) groups excluding carboxylic acids is 1. The summed E-state index contributed by atoms with van der Waals surface area (Å²) in [6, 6.07) is 7.84. The minimum absolute atomic E-state index is 0. The highest BCUT2D eigenvalue weighted by molar-refractivity contribution is 8.93. The summed E-state index contributed by atoms with van der Waals surface area (Å²) >= 11 is 1.51. The molecule has 1 N–H and O–H groups in total. The van der Waals surface area contributed by atoms with Gasteiger partial charge in [-0.3, -0.25) is 10.2 Å². The number of aromatic nitrogens is 2. The molecule has 9 heteroatoms. The van der Waals surface area contributed by atoms with E-state index >= 15 is 0 Å². The molecule has 0 amide bonds. The molecule has 1 aliphatic carbocycles. The number of anilines is 1. The van der Waals surface area contributed by atoms with Crippen LogP contribution in [-0.4, -0.2) is 54.2 Å². The van der Waals surface area contributed by atoms with Gasteiger partial charge in [0.25, 0.3) is 0 Å². The number of thiazole rings is 1. The number of ether oxygens (including phenoxy) is 1. The SMILES string of the molecule is Br.COc1c(-c2nccs2)cc(C(=O)CN2Cc3ccc(C4CC4)nc3C2=N)cc1N(C)C. The van der Waals surface area contributed by atoms with Gasteiger partial charge in [-0.25, -0.2) is 9.97 Å². The van der Waals surface area contributed by atoms with Crippen LogP contribution < -0.4 is 9.64 Å². The largest absolute Gasteiger partial charge is 0.494 e. The van der Waals surface area contributed by atoms with E-state index in [1.807, 2.05) is 36.5 Å². The lowest BCUT2D eigenvalue weighted by Gasteiger charge is -2.21. The quantitative estimate of drug-likeness (QED) is 0.446. The van der Waals surface area contributed by atoms with Crippen molar-refractivity contribution in [3.63, 3.8) is 0 Å². The highest BCUT2D eigenvalue weighted by Crippen LogP contribution is 2.41. The van der Waals surface area contributed by atoms with Crippen LogP contribution in [0.2, 0.25) is 0 Å². The second-order valence-electron chi connectivity index (χ2n) is 8.45. The first kappa shape index (κ1) is 23.4. The van der Waals surface area contributed by atoms with Crippen molar-refractivity contribution in [1.29, 1.82) is 5.41 Å². The van der Waals surface area contributed by atoms with Gasteiger partial charge in [0.05, 0.1) is 24.9 Å². The van der Waals surface area contributed by atoms with Crippen LogP contribution in [0.3, 0.4) is 0 Å². The van der Waals surface area contributed by atoms with Crippen LogP contribution in [-0.2, 0) is 6.54 Å². The molecule has 0 spiro atoms. The Morgan fingerprint density at radius 2 is 2.09 bits per heavy atom. The summed E-state index contributed by atoms with van der Waals surface area (Å²) in [5, 5.41) is 11.3. The highest BCUT2D eigenvalue weighted by Gasteiger charge is 2.31. The number of amidine groups is 1. The molecule has 1 aliphatic heterocycles. The molecule has 3 aromatic rings. The van der Waals surface area contributed by atoms with Crippen LogP contribution in [0.25, 0.3) is 10.6 Å².